The maximum atomic E-state index is 13.0. The topological polar surface area (TPSA) is 460 Å². The van der Waals surface area contributed by atoms with Crippen molar-refractivity contribution in [2.45, 2.75) is 30.2 Å². The zero-order valence-electron chi connectivity index (χ0n) is 38.6. The number of nitrogen functional groups attached to an aromatic ring is 1. The number of azo groups is 4. The van der Waals surface area contributed by atoms with Crippen LogP contribution in [0.25, 0.3) is 21.5 Å². The fraction of sp³-hybridized carbons (Fsp3) is 0.0222. The highest BCUT2D eigenvalue weighted by Gasteiger charge is 2.29. The van der Waals surface area contributed by atoms with Crippen molar-refractivity contribution in [3.05, 3.63) is 149 Å². The first kappa shape index (κ1) is 55.3. The van der Waals surface area contributed by atoms with Crippen molar-refractivity contribution in [3.63, 3.8) is 0 Å². The molecule has 0 aliphatic rings. The minimum atomic E-state index is -5.55. The summed E-state index contributed by atoms with van der Waals surface area (Å²) in [6, 6.07) is 26.7. The van der Waals surface area contributed by atoms with Gasteiger partial charge in [0.15, 0.2) is 21.3 Å². The van der Waals surface area contributed by atoms with Crippen molar-refractivity contribution in [1.29, 1.82) is 0 Å². The molecule has 28 nitrogen and oxygen atoms in total. The Morgan fingerprint density at radius 1 is 0.462 bits per heavy atom. The quantitative estimate of drug-likeness (QED) is 0.0155. The number of nitro benzene ring substituents is 1. The second-order valence-electron chi connectivity index (χ2n) is 16.1. The van der Waals surface area contributed by atoms with E-state index in [1.807, 2.05) is 0 Å². The fourth-order valence-electron chi connectivity index (χ4n) is 7.39. The molecule has 0 aromatic heterocycles. The predicted octanol–water partition coefficient (Wildman–Crippen LogP) is 10.5. The first-order valence-corrected chi connectivity index (χ1v) is 28.7. The van der Waals surface area contributed by atoms with Crippen LogP contribution in [0.15, 0.2) is 199 Å². The van der Waals surface area contributed by atoms with Crippen molar-refractivity contribution in [3.8, 4) is 11.5 Å². The zero-order valence-corrected chi connectivity index (χ0v) is 42.7. The van der Waals surface area contributed by atoms with E-state index in [4.69, 9.17) is 5.73 Å². The molecule has 0 bridgehead atoms. The Kier molecular flexibility index (Phi) is 14.8. The molecule has 0 unspecified atom stereocenters. The van der Waals surface area contributed by atoms with Crippen LogP contribution >= 0.6 is 0 Å². The lowest BCUT2D eigenvalue weighted by Crippen LogP contribution is -2.04. The molecule has 8 rings (SSSR count). The number of fused-ring (bicyclic) bond motifs is 2. The van der Waals surface area contributed by atoms with Crippen molar-refractivity contribution < 1.29 is 75.4 Å². The predicted molar refractivity (Wildman–Crippen MR) is 275 cm³/mol. The molecule has 0 heterocycles. The zero-order chi connectivity index (χ0) is 56.7. The number of phenolic OH excluding ortho intramolecular Hbond substituents is 2. The van der Waals surface area contributed by atoms with E-state index >= 15 is 0 Å². The van der Waals surface area contributed by atoms with Gasteiger partial charge >= 0.3 is 0 Å². The summed E-state index contributed by atoms with van der Waals surface area (Å²) >= 11 is 0. The summed E-state index contributed by atoms with van der Waals surface area (Å²) in [7, 11) is -25.0. The fourth-order valence-corrected chi connectivity index (χ4v) is 11.6. The van der Waals surface area contributed by atoms with E-state index < -0.39 is 148 Å². The van der Waals surface area contributed by atoms with Crippen LogP contribution in [0.2, 0.25) is 0 Å². The Bertz CT molecular complexity index is 4530. The van der Waals surface area contributed by atoms with Gasteiger partial charge in [0.25, 0.3) is 46.2 Å². The Morgan fingerprint density at radius 3 is 1.53 bits per heavy atom. The van der Waals surface area contributed by atoms with Gasteiger partial charge in [0.1, 0.15) is 48.0 Å². The van der Waals surface area contributed by atoms with Gasteiger partial charge in [0, 0.05) is 28.3 Å². The summed E-state index contributed by atoms with van der Waals surface area (Å²) < 4.78 is 167. The highest BCUT2D eigenvalue weighted by molar-refractivity contribution is 7.90. The van der Waals surface area contributed by atoms with Crippen LogP contribution in [0.1, 0.15) is 5.56 Å². The third-order valence-electron chi connectivity index (χ3n) is 11.0. The Hall–Kier alpha value is -8.93. The summed E-state index contributed by atoms with van der Waals surface area (Å²) in [5.41, 5.74) is 2.33. The molecule has 0 aliphatic carbocycles. The van der Waals surface area contributed by atoms with E-state index in [1.165, 1.54) is 48.5 Å². The Balaban J connectivity index is 1.12. The van der Waals surface area contributed by atoms with Crippen LogP contribution in [-0.4, -0.2) is 75.4 Å². The molecule has 0 atom stereocenters. The standard InChI is InChI=1S/C45H32N10O18S5/c46-41-36(22-37(75(62,63)64)31-16-18-34(44(57)40(31)41)51-50-33-17-12-28(55(58)59)20-38(33)76(65,66)67)53-52-35-19-15-30-32(45(35)78(71,72)73)21-39(77(68,69)70)42(43(30)56)54-49-26-8-6-25(7-9-26)47-48-27-10-13-29(14-11-27)74(60,61)23-24-4-2-1-3-5-24/h1-22,56-57H,23,46H2,(H,62,63,64)(H,65,66,67)(H,68,69,70)(H,71,72,73). The lowest BCUT2D eigenvalue weighted by molar-refractivity contribution is -0.385. The maximum absolute atomic E-state index is 13.0. The number of hydrogen-bond acceptors (Lipinski definition) is 23. The maximum Gasteiger partial charge on any atom is 0.297 e. The van der Waals surface area contributed by atoms with E-state index in [9.17, 15) is 80.6 Å². The van der Waals surface area contributed by atoms with Gasteiger partial charge in [-0.05, 0) is 90.5 Å². The number of phenols is 2. The van der Waals surface area contributed by atoms with E-state index in [0.29, 0.717) is 29.4 Å². The van der Waals surface area contributed by atoms with Gasteiger partial charge in [-0.25, -0.2) is 8.42 Å². The molecule has 0 radical (unpaired) electrons. The molecule has 0 saturated heterocycles. The molecular weight excluding hydrogens is 1130 g/mol. The second-order valence-corrected chi connectivity index (χ2v) is 23.6. The molecule has 0 spiro atoms. The normalized spacial score (nSPS) is 13.0. The Morgan fingerprint density at radius 2 is 0.962 bits per heavy atom. The molecule has 0 aliphatic heterocycles. The Labute approximate surface area is 439 Å². The number of benzene rings is 8. The lowest BCUT2D eigenvalue weighted by Gasteiger charge is -2.13. The molecule has 0 saturated carbocycles. The first-order valence-electron chi connectivity index (χ1n) is 21.2. The number of non-ortho nitro benzene ring substituents is 1. The molecule has 0 amide bonds. The number of hydrogen-bond donors (Lipinski definition) is 7. The van der Waals surface area contributed by atoms with Crippen LogP contribution in [0.3, 0.4) is 0 Å². The minimum absolute atomic E-state index is 0.0210. The molecule has 8 aromatic rings. The summed E-state index contributed by atoms with van der Waals surface area (Å²) in [4.78, 5) is 5.78. The first-order chi connectivity index (χ1) is 36.5. The number of sulfone groups is 1. The van der Waals surface area contributed by atoms with E-state index in [-0.39, 0.29) is 22.0 Å². The van der Waals surface area contributed by atoms with Crippen LogP contribution in [-0.2, 0) is 56.1 Å². The van der Waals surface area contributed by atoms with Crippen molar-refractivity contribution >= 4 is 129 Å². The third-order valence-corrected chi connectivity index (χ3v) is 16.3. The minimum Gasteiger partial charge on any atom is -0.505 e. The van der Waals surface area contributed by atoms with Crippen LogP contribution < -0.4 is 5.73 Å². The number of anilines is 1. The van der Waals surface area contributed by atoms with Gasteiger partial charge in [-0.3, -0.25) is 28.3 Å². The SMILES string of the molecule is Nc1c(N=Nc2ccc3c(O)c(N=Nc4ccc(N=Nc5ccc(S(=O)(=O)Cc6ccccc6)cc5)cc4)c(S(=O)(=O)O)cc3c2S(=O)(=O)O)cc(S(=O)(=O)O)c2ccc(N=Nc3ccc([N+](=O)[O-])cc3S(=O)(=O)O)c(O)c12. The molecule has 8 aromatic carbocycles. The van der Waals surface area contributed by atoms with Crippen molar-refractivity contribution in [2.24, 2.45) is 40.9 Å². The highest BCUT2D eigenvalue weighted by Crippen LogP contribution is 2.48. The molecule has 400 valence electrons. The summed E-state index contributed by atoms with van der Waals surface area (Å²) in [6.07, 6.45) is 0. The van der Waals surface area contributed by atoms with Gasteiger partial charge in [0.05, 0.1) is 43.7 Å². The van der Waals surface area contributed by atoms with E-state index in [2.05, 4.69) is 40.9 Å². The summed E-state index contributed by atoms with van der Waals surface area (Å²) in [6.45, 7) is 0. The average molecular weight is 1160 g/mol. The van der Waals surface area contributed by atoms with Crippen LogP contribution in [0, 0.1) is 10.1 Å². The third kappa shape index (κ3) is 11.9. The largest absolute Gasteiger partial charge is 0.505 e. The number of nitro groups is 1. The smallest absolute Gasteiger partial charge is 0.297 e. The average Bonchev–Trinajstić information content (AvgIpc) is 3.57. The van der Waals surface area contributed by atoms with Crippen molar-refractivity contribution in [1.82, 2.24) is 0 Å². The van der Waals surface area contributed by atoms with Gasteiger partial charge in [-0.1, -0.05) is 36.4 Å². The summed E-state index contributed by atoms with van der Waals surface area (Å²) in [5.74, 6) is -2.30. The van der Waals surface area contributed by atoms with Gasteiger partial charge in [-0.15, -0.1) is 25.6 Å². The van der Waals surface area contributed by atoms with E-state index in [0.717, 1.165) is 36.4 Å². The molecular formula is C45H32N10O18S5. The monoisotopic (exact) mass is 1160 g/mol. The number of rotatable bonds is 16. The second kappa shape index (κ2) is 20.9. The summed E-state index contributed by atoms with van der Waals surface area (Å²) in [5, 5.41) is 62.2. The van der Waals surface area contributed by atoms with Gasteiger partial charge < -0.3 is 15.9 Å². The number of aromatic hydroxyl groups is 2. The van der Waals surface area contributed by atoms with E-state index in [1.54, 1.807) is 30.3 Å². The molecule has 0 fully saturated rings. The number of nitrogens with two attached hydrogens (primary N) is 1. The number of nitrogens with zero attached hydrogens (tertiary/aromatic N) is 9. The highest BCUT2D eigenvalue weighted by atomic mass is 32.2. The van der Waals surface area contributed by atoms with Crippen LogP contribution in [0.4, 0.5) is 56.9 Å². The molecule has 33 heteroatoms. The van der Waals surface area contributed by atoms with Gasteiger partial charge in [-0.2, -0.15) is 49.0 Å². The van der Waals surface area contributed by atoms with Crippen molar-refractivity contribution in [2.75, 3.05) is 5.73 Å². The van der Waals surface area contributed by atoms with Crippen LogP contribution in [0.5, 0.6) is 11.5 Å². The molecule has 8 N–H and O–H groups in total. The lowest BCUT2D eigenvalue weighted by atomic mass is 10.1. The molecule has 78 heavy (non-hydrogen) atoms. The van der Waals surface area contributed by atoms with Gasteiger partial charge in [0.2, 0.25) is 0 Å².